The Morgan fingerprint density at radius 2 is 1.56 bits per heavy atom. The summed E-state index contributed by atoms with van der Waals surface area (Å²) < 4.78 is 25.6. The maximum Gasteiger partial charge on any atom is 0.211 e. The summed E-state index contributed by atoms with van der Waals surface area (Å²) in [5.74, 6) is 0.657. The molecule has 1 aromatic carbocycles. The van der Waals surface area contributed by atoms with Crippen molar-refractivity contribution in [3.63, 3.8) is 0 Å². The van der Waals surface area contributed by atoms with E-state index >= 15 is 0 Å². The van der Waals surface area contributed by atoms with E-state index < -0.39 is 10.0 Å². The number of benzene rings is 1. The molecular weight excluding hydrogens is 246 g/mol. The molecule has 2 atom stereocenters. The number of nitrogens with one attached hydrogen (secondary N) is 1. The van der Waals surface area contributed by atoms with E-state index in [-0.39, 0.29) is 11.8 Å². The summed E-state index contributed by atoms with van der Waals surface area (Å²) in [5, 5.41) is 0. The molecule has 0 spiro atoms. The van der Waals surface area contributed by atoms with Crippen molar-refractivity contribution in [1.29, 1.82) is 0 Å². The molecule has 4 heteroatoms. The van der Waals surface area contributed by atoms with E-state index in [0.29, 0.717) is 5.92 Å². The SMILES string of the molecule is CCC(C)c1ccc(C(C)NS(=O)(=O)CC)cc1. The van der Waals surface area contributed by atoms with E-state index in [0.717, 1.165) is 12.0 Å². The Balaban J connectivity index is 2.79. The van der Waals surface area contributed by atoms with Gasteiger partial charge in [-0.3, -0.25) is 0 Å². The molecule has 0 heterocycles. The van der Waals surface area contributed by atoms with Gasteiger partial charge in [-0.25, -0.2) is 13.1 Å². The Morgan fingerprint density at radius 1 is 1.06 bits per heavy atom. The van der Waals surface area contributed by atoms with E-state index in [2.05, 4.69) is 30.7 Å². The van der Waals surface area contributed by atoms with Gasteiger partial charge in [-0.15, -0.1) is 0 Å². The normalized spacial score (nSPS) is 15.3. The van der Waals surface area contributed by atoms with Crippen molar-refractivity contribution in [2.75, 3.05) is 5.75 Å². The standard InChI is InChI=1S/C14H23NO2S/c1-5-11(3)13-7-9-14(10-8-13)12(4)15-18(16,17)6-2/h7-12,15H,5-6H2,1-4H3. The van der Waals surface area contributed by atoms with Crippen LogP contribution in [0.15, 0.2) is 24.3 Å². The van der Waals surface area contributed by atoms with Gasteiger partial charge in [-0.2, -0.15) is 0 Å². The van der Waals surface area contributed by atoms with Crippen LogP contribution < -0.4 is 4.72 Å². The zero-order valence-corrected chi connectivity index (χ0v) is 12.4. The van der Waals surface area contributed by atoms with Crippen LogP contribution >= 0.6 is 0 Å². The van der Waals surface area contributed by atoms with Gasteiger partial charge in [0.05, 0.1) is 5.75 Å². The first-order chi connectivity index (χ1) is 8.39. The summed E-state index contributed by atoms with van der Waals surface area (Å²) >= 11 is 0. The van der Waals surface area contributed by atoms with E-state index in [9.17, 15) is 8.42 Å². The van der Waals surface area contributed by atoms with E-state index in [1.54, 1.807) is 6.92 Å². The fourth-order valence-electron chi connectivity index (χ4n) is 1.77. The second-order valence-electron chi connectivity index (χ2n) is 4.72. The minimum atomic E-state index is -3.15. The van der Waals surface area contributed by atoms with Crippen LogP contribution in [0.1, 0.15) is 57.2 Å². The highest BCUT2D eigenvalue weighted by Gasteiger charge is 2.13. The topological polar surface area (TPSA) is 46.2 Å². The summed E-state index contributed by atoms with van der Waals surface area (Å²) in [5.41, 5.74) is 2.30. The van der Waals surface area contributed by atoms with E-state index in [1.807, 2.05) is 19.1 Å². The fourth-order valence-corrected chi connectivity index (χ4v) is 2.61. The van der Waals surface area contributed by atoms with Gasteiger partial charge < -0.3 is 0 Å². The first-order valence-electron chi connectivity index (χ1n) is 6.49. The van der Waals surface area contributed by atoms with Gasteiger partial charge in [0.15, 0.2) is 0 Å². The highest BCUT2D eigenvalue weighted by Crippen LogP contribution is 2.21. The quantitative estimate of drug-likeness (QED) is 0.862. The number of sulfonamides is 1. The largest absolute Gasteiger partial charge is 0.212 e. The average Bonchev–Trinajstić information content (AvgIpc) is 2.37. The van der Waals surface area contributed by atoms with Gasteiger partial charge in [-0.05, 0) is 37.3 Å². The van der Waals surface area contributed by atoms with Crippen LogP contribution in [0, 0.1) is 0 Å². The maximum absolute atomic E-state index is 11.5. The molecule has 2 unspecified atom stereocenters. The molecule has 1 aromatic rings. The number of rotatable bonds is 6. The Kier molecular flexibility index (Phi) is 5.35. The first-order valence-corrected chi connectivity index (χ1v) is 8.14. The molecule has 102 valence electrons. The van der Waals surface area contributed by atoms with Crippen molar-refractivity contribution in [2.24, 2.45) is 0 Å². The lowest BCUT2D eigenvalue weighted by molar-refractivity contribution is 0.568. The van der Waals surface area contributed by atoms with Gasteiger partial charge in [0.1, 0.15) is 0 Å². The zero-order valence-electron chi connectivity index (χ0n) is 11.6. The Bertz CT molecular complexity index is 465. The van der Waals surface area contributed by atoms with Crippen LogP contribution in [0.2, 0.25) is 0 Å². The molecule has 0 aromatic heterocycles. The third kappa shape index (κ3) is 4.10. The highest BCUT2D eigenvalue weighted by atomic mass is 32.2. The van der Waals surface area contributed by atoms with Crippen molar-refractivity contribution in [3.8, 4) is 0 Å². The van der Waals surface area contributed by atoms with Crippen molar-refractivity contribution < 1.29 is 8.42 Å². The molecule has 3 nitrogen and oxygen atoms in total. The summed E-state index contributed by atoms with van der Waals surface area (Å²) in [4.78, 5) is 0. The first kappa shape index (κ1) is 15.2. The molecule has 0 radical (unpaired) electrons. The lowest BCUT2D eigenvalue weighted by atomic mass is 9.96. The Morgan fingerprint density at radius 3 is 2.00 bits per heavy atom. The van der Waals surface area contributed by atoms with Crippen molar-refractivity contribution in [1.82, 2.24) is 4.72 Å². The third-order valence-electron chi connectivity index (χ3n) is 3.35. The molecule has 1 rings (SSSR count). The highest BCUT2D eigenvalue weighted by molar-refractivity contribution is 7.89. The zero-order chi connectivity index (χ0) is 13.8. The average molecular weight is 269 g/mol. The van der Waals surface area contributed by atoms with Gasteiger partial charge >= 0.3 is 0 Å². The van der Waals surface area contributed by atoms with Crippen molar-refractivity contribution >= 4 is 10.0 Å². The van der Waals surface area contributed by atoms with E-state index in [1.165, 1.54) is 5.56 Å². The Labute approximate surface area is 111 Å². The summed E-state index contributed by atoms with van der Waals surface area (Å²) in [7, 11) is -3.15. The predicted molar refractivity (Wildman–Crippen MR) is 76.2 cm³/mol. The molecule has 0 aliphatic rings. The molecule has 0 aliphatic heterocycles. The van der Waals surface area contributed by atoms with Gasteiger partial charge in [0.25, 0.3) is 0 Å². The van der Waals surface area contributed by atoms with E-state index in [4.69, 9.17) is 0 Å². The van der Waals surface area contributed by atoms with Crippen LogP contribution in [0.4, 0.5) is 0 Å². The molecule has 0 bridgehead atoms. The summed E-state index contributed by atoms with van der Waals surface area (Å²) in [6.07, 6.45) is 1.11. The number of hydrogen-bond acceptors (Lipinski definition) is 2. The van der Waals surface area contributed by atoms with Crippen LogP contribution in [0.5, 0.6) is 0 Å². The molecule has 1 N–H and O–H groups in total. The molecule has 18 heavy (non-hydrogen) atoms. The van der Waals surface area contributed by atoms with Crippen molar-refractivity contribution in [3.05, 3.63) is 35.4 Å². The lowest BCUT2D eigenvalue weighted by Gasteiger charge is -2.15. The molecule has 0 saturated heterocycles. The van der Waals surface area contributed by atoms with Crippen LogP contribution in [0.3, 0.4) is 0 Å². The molecule has 0 aliphatic carbocycles. The minimum absolute atomic E-state index is 0.113. The summed E-state index contributed by atoms with van der Waals surface area (Å²) in [6.45, 7) is 7.86. The lowest BCUT2D eigenvalue weighted by Crippen LogP contribution is -2.28. The number of hydrogen-bond donors (Lipinski definition) is 1. The molecule has 0 fully saturated rings. The molecule has 0 amide bonds. The minimum Gasteiger partial charge on any atom is -0.212 e. The predicted octanol–water partition coefficient (Wildman–Crippen LogP) is 3.20. The van der Waals surface area contributed by atoms with Crippen LogP contribution in [-0.2, 0) is 10.0 Å². The molecular formula is C14H23NO2S. The fraction of sp³-hybridized carbons (Fsp3) is 0.571. The smallest absolute Gasteiger partial charge is 0.211 e. The maximum atomic E-state index is 11.5. The monoisotopic (exact) mass is 269 g/mol. The molecule has 0 saturated carbocycles. The second kappa shape index (κ2) is 6.34. The van der Waals surface area contributed by atoms with Crippen LogP contribution in [0.25, 0.3) is 0 Å². The van der Waals surface area contributed by atoms with Gasteiger partial charge in [-0.1, -0.05) is 38.1 Å². The summed E-state index contributed by atoms with van der Waals surface area (Å²) in [6, 6.07) is 8.00. The van der Waals surface area contributed by atoms with Crippen molar-refractivity contribution in [2.45, 2.75) is 46.1 Å². The van der Waals surface area contributed by atoms with Gasteiger partial charge in [0.2, 0.25) is 10.0 Å². The van der Waals surface area contributed by atoms with Gasteiger partial charge in [0, 0.05) is 6.04 Å². The Hall–Kier alpha value is -0.870. The third-order valence-corrected chi connectivity index (χ3v) is 4.83. The van der Waals surface area contributed by atoms with Crippen LogP contribution in [-0.4, -0.2) is 14.2 Å². The second-order valence-corrected chi connectivity index (χ2v) is 6.76.